The summed E-state index contributed by atoms with van der Waals surface area (Å²) in [5.41, 5.74) is -0.137. The lowest BCUT2D eigenvalue weighted by Crippen LogP contribution is -2.59. The Bertz CT molecular complexity index is 760. The van der Waals surface area contributed by atoms with Gasteiger partial charge in [0.15, 0.2) is 5.76 Å². The molecule has 1 heterocycles. The van der Waals surface area contributed by atoms with Gasteiger partial charge < -0.3 is 4.42 Å². The first-order valence-electron chi connectivity index (χ1n) is 7.05. The fraction of sp³-hybridized carbons (Fsp3) is 0.375. The second-order valence-electron chi connectivity index (χ2n) is 5.61. The van der Waals surface area contributed by atoms with Crippen molar-refractivity contribution in [1.29, 1.82) is 0 Å². The van der Waals surface area contributed by atoms with Gasteiger partial charge in [-0.1, -0.05) is 30.3 Å². The van der Waals surface area contributed by atoms with Crippen LogP contribution in [0.4, 0.5) is 39.5 Å². The molecule has 2 aromatic rings. The van der Waals surface area contributed by atoms with Gasteiger partial charge in [-0.15, -0.1) is 0 Å². The monoisotopic (exact) mass is 390 g/mol. The van der Waals surface area contributed by atoms with Gasteiger partial charge in [-0.05, 0) is 24.1 Å². The Morgan fingerprint density at radius 3 is 1.85 bits per heavy atom. The van der Waals surface area contributed by atoms with Crippen LogP contribution in [0.1, 0.15) is 22.6 Å². The Balaban J connectivity index is 2.43. The summed E-state index contributed by atoms with van der Waals surface area (Å²) in [4.78, 5) is 0. The van der Waals surface area contributed by atoms with Crippen LogP contribution in [-0.4, -0.2) is 18.0 Å². The molecule has 0 bridgehead atoms. The molecule has 0 aliphatic heterocycles. The van der Waals surface area contributed by atoms with Gasteiger partial charge in [0.1, 0.15) is 5.76 Å². The van der Waals surface area contributed by atoms with Gasteiger partial charge in [0.25, 0.3) is 0 Å². The fourth-order valence-electron chi connectivity index (χ4n) is 2.26. The van der Waals surface area contributed by atoms with Crippen LogP contribution in [0, 0.1) is 6.92 Å². The molecular formula is C16H11F9O. The van der Waals surface area contributed by atoms with E-state index < -0.39 is 35.3 Å². The summed E-state index contributed by atoms with van der Waals surface area (Å²) in [6.07, 6.45) is -7.01. The van der Waals surface area contributed by atoms with Gasteiger partial charge in [-0.3, -0.25) is 0 Å². The molecule has 0 saturated carbocycles. The normalized spacial score (nSPS) is 13.9. The van der Waals surface area contributed by atoms with Crippen LogP contribution in [0.15, 0.2) is 40.8 Å². The maximum absolute atomic E-state index is 13.9. The van der Waals surface area contributed by atoms with E-state index >= 15 is 0 Å². The van der Waals surface area contributed by atoms with Crippen LogP contribution in [-0.2, 0) is 12.3 Å². The van der Waals surface area contributed by atoms with E-state index in [1.54, 1.807) is 30.3 Å². The highest BCUT2D eigenvalue weighted by Crippen LogP contribution is 2.57. The van der Waals surface area contributed by atoms with Gasteiger partial charge in [-0.2, -0.15) is 39.5 Å². The molecule has 0 fully saturated rings. The van der Waals surface area contributed by atoms with E-state index in [0.29, 0.717) is 5.56 Å². The number of furan rings is 1. The second kappa shape index (κ2) is 6.24. The van der Waals surface area contributed by atoms with Gasteiger partial charge >= 0.3 is 23.9 Å². The van der Waals surface area contributed by atoms with Crippen molar-refractivity contribution >= 4 is 0 Å². The van der Waals surface area contributed by atoms with Gasteiger partial charge in [0, 0.05) is 6.42 Å². The van der Waals surface area contributed by atoms with E-state index in [-0.39, 0.29) is 12.2 Å². The molecule has 0 radical (unpaired) electrons. The van der Waals surface area contributed by atoms with Gasteiger partial charge in [0.2, 0.25) is 0 Å². The summed E-state index contributed by atoms with van der Waals surface area (Å²) in [5, 5.41) is 0. The fourth-order valence-corrected chi connectivity index (χ4v) is 2.26. The lowest BCUT2D eigenvalue weighted by molar-refractivity contribution is -0.401. The molecule has 10 heteroatoms. The molecule has 0 spiro atoms. The SMILES string of the molecule is Cc1cc(Cc2ccccc2)oc1C(F)(F)C(F)(F)C(F)(F)C(F)(F)F. The molecule has 0 aliphatic rings. The van der Waals surface area contributed by atoms with Crippen molar-refractivity contribution in [2.75, 3.05) is 0 Å². The predicted octanol–water partition coefficient (Wildman–Crippen LogP) is 6.10. The second-order valence-corrected chi connectivity index (χ2v) is 5.61. The Kier molecular flexibility index (Phi) is 4.84. The predicted molar refractivity (Wildman–Crippen MR) is 72.5 cm³/mol. The Hall–Kier alpha value is -2.13. The van der Waals surface area contributed by atoms with E-state index in [9.17, 15) is 39.5 Å². The third kappa shape index (κ3) is 3.16. The molecule has 0 amide bonds. The highest BCUT2D eigenvalue weighted by Gasteiger charge is 2.83. The zero-order valence-electron chi connectivity index (χ0n) is 13.0. The van der Waals surface area contributed by atoms with Crippen molar-refractivity contribution in [3.05, 3.63) is 59.0 Å². The van der Waals surface area contributed by atoms with E-state index in [0.717, 1.165) is 13.0 Å². The van der Waals surface area contributed by atoms with E-state index in [1.165, 1.54) is 0 Å². The van der Waals surface area contributed by atoms with E-state index in [1.807, 2.05) is 0 Å². The summed E-state index contributed by atoms with van der Waals surface area (Å²) in [6, 6.07) is 8.84. The standard InChI is InChI=1S/C16H11F9O/c1-9-7-11(8-10-5-3-2-4-6-10)26-12(9)13(17,18)14(19,20)15(21,22)16(23,24)25/h2-7H,8H2,1H3. The molecule has 0 aliphatic carbocycles. The summed E-state index contributed by atoms with van der Waals surface area (Å²) >= 11 is 0. The number of hydrogen-bond donors (Lipinski definition) is 0. The molecule has 144 valence electrons. The molecule has 0 N–H and O–H groups in total. The maximum atomic E-state index is 13.9. The summed E-state index contributed by atoms with van der Waals surface area (Å²) in [5.74, 6) is -21.8. The Morgan fingerprint density at radius 1 is 0.808 bits per heavy atom. The zero-order valence-corrected chi connectivity index (χ0v) is 13.0. The first-order valence-corrected chi connectivity index (χ1v) is 7.05. The number of alkyl halides is 9. The molecule has 2 rings (SSSR count). The summed E-state index contributed by atoms with van der Waals surface area (Å²) in [7, 11) is 0. The van der Waals surface area contributed by atoms with Gasteiger partial charge in [0.05, 0.1) is 0 Å². The minimum atomic E-state index is -6.96. The zero-order chi connectivity index (χ0) is 20.0. The van der Waals surface area contributed by atoms with Crippen LogP contribution in [0.5, 0.6) is 0 Å². The van der Waals surface area contributed by atoms with E-state index in [2.05, 4.69) is 4.42 Å². The third-order valence-corrected chi connectivity index (χ3v) is 3.62. The highest BCUT2D eigenvalue weighted by molar-refractivity contribution is 5.30. The number of benzene rings is 1. The van der Waals surface area contributed by atoms with Crippen LogP contribution in [0.3, 0.4) is 0 Å². The maximum Gasteiger partial charge on any atom is 0.460 e. The smallest absolute Gasteiger partial charge is 0.459 e. The third-order valence-electron chi connectivity index (χ3n) is 3.62. The largest absolute Gasteiger partial charge is 0.460 e. The average molecular weight is 390 g/mol. The van der Waals surface area contributed by atoms with Crippen molar-refractivity contribution in [2.24, 2.45) is 0 Å². The van der Waals surface area contributed by atoms with Crippen molar-refractivity contribution in [3.8, 4) is 0 Å². The number of aryl methyl sites for hydroxylation is 1. The highest BCUT2D eigenvalue weighted by atomic mass is 19.4. The molecule has 26 heavy (non-hydrogen) atoms. The van der Waals surface area contributed by atoms with E-state index in [4.69, 9.17) is 0 Å². The van der Waals surface area contributed by atoms with Crippen molar-refractivity contribution in [2.45, 2.75) is 37.3 Å². The minimum Gasteiger partial charge on any atom is -0.459 e. The molecule has 1 aromatic carbocycles. The molecule has 0 unspecified atom stereocenters. The molecule has 1 aromatic heterocycles. The number of halogens is 9. The molecule has 0 saturated heterocycles. The van der Waals surface area contributed by atoms with Crippen molar-refractivity contribution < 1.29 is 43.9 Å². The molecule has 0 atom stereocenters. The Morgan fingerprint density at radius 2 is 1.35 bits per heavy atom. The van der Waals surface area contributed by atoms with Crippen LogP contribution >= 0.6 is 0 Å². The van der Waals surface area contributed by atoms with Crippen molar-refractivity contribution in [3.63, 3.8) is 0 Å². The lowest BCUT2D eigenvalue weighted by Gasteiger charge is -2.32. The first-order chi connectivity index (χ1) is 11.7. The van der Waals surface area contributed by atoms with Crippen molar-refractivity contribution in [1.82, 2.24) is 0 Å². The summed E-state index contributed by atoms with van der Waals surface area (Å²) < 4.78 is 122. The van der Waals surface area contributed by atoms with Crippen LogP contribution in [0.2, 0.25) is 0 Å². The quantitative estimate of drug-likeness (QED) is 0.562. The van der Waals surface area contributed by atoms with Gasteiger partial charge in [-0.25, -0.2) is 0 Å². The number of rotatable bonds is 5. The Labute approximate surface area is 141 Å². The number of hydrogen-bond acceptors (Lipinski definition) is 1. The molecular weight excluding hydrogens is 379 g/mol. The average Bonchev–Trinajstić information content (AvgIpc) is 2.88. The van der Waals surface area contributed by atoms with Crippen LogP contribution < -0.4 is 0 Å². The molecule has 1 nitrogen and oxygen atoms in total. The summed E-state index contributed by atoms with van der Waals surface area (Å²) in [6.45, 7) is 0.850. The first kappa shape index (κ1) is 20.2. The topological polar surface area (TPSA) is 13.1 Å². The van der Waals surface area contributed by atoms with Crippen LogP contribution in [0.25, 0.3) is 0 Å². The lowest BCUT2D eigenvalue weighted by atomic mass is 10.00. The minimum absolute atomic E-state index is 0.140.